The molecule has 3 fully saturated rings. The molecule has 3 aliphatic rings. The number of halogens is 3. The second-order valence-corrected chi connectivity index (χ2v) is 10.00. The second kappa shape index (κ2) is 9.33. The van der Waals surface area contributed by atoms with Gasteiger partial charge in [-0.15, -0.1) is 5.10 Å². The highest BCUT2D eigenvalue weighted by molar-refractivity contribution is 7.99. The number of amides is 1. The minimum absolute atomic E-state index is 0.160. The predicted molar refractivity (Wildman–Crippen MR) is 127 cm³/mol. The summed E-state index contributed by atoms with van der Waals surface area (Å²) in [4.78, 5) is 18.7. The Morgan fingerprint density at radius 2 is 1.82 bits per heavy atom. The third kappa shape index (κ3) is 4.72. The molecule has 1 N–H and O–H groups in total. The van der Waals surface area contributed by atoms with Gasteiger partial charge in [-0.3, -0.25) is 4.90 Å². The number of nitrogens with zero attached hydrogens (tertiary/aromatic N) is 5. The highest BCUT2D eigenvalue weighted by atomic mass is 32.2. The fraction of sp³-hybridized carbons (Fsp3) is 0.565. The van der Waals surface area contributed by atoms with E-state index in [0.717, 1.165) is 25.9 Å². The maximum atomic E-state index is 13.9. The van der Waals surface area contributed by atoms with Crippen molar-refractivity contribution in [2.24, 2.45) is 11.8 Å². The first-order chi connectivity index (χ1) is 16.3. The lowest BCUT2D eigenvalue weighted by atomic mass is 10.0. The summed E-state index contributed by atoms with van der Waals surface area (Å²) in [5, 5.41) is 4.25. The molecule has 0 aliphatic carbocycles. The molecule has 1 aromatic heterocycles. The number of likely N-dealkylation sites (tertiary alicyclic amines) is 2. The molecule has 2 unspecified atom stereocenters. The number of fused-ring (bicyclic) bond motifs is 1. The lowest BCUT2D eigenvalue weighted by Crippen LogP contribution is -2.36. The maximum Gasteiger partial charge on any atom is 0.416 e. The van der Waals surface area contributed by atoms with Gasteiger partial charge >= 0.3 is 12.2 Å². The van der Waals surface area contributed by atoms with Gasteiger partial charge in [-0.05, 0) is 42.4 Å². The van der Waals surface area contributed by atoms with Gasteiger partial charge in [-0.2, -0.15) is 17.9 Å². The molecule has 0 bridgehead atoms. The normalized spacial score (nSPS) is 23.1. The smallest absolute Gasteiger partial charge is 0.372 e. The second-order valence-electron chi connectivity index (χ2n) is 9.39. The van der Waals surface area contributed by atoms with Crippen molar-refractivity contribution < 1.29 is 18.0 Å². The van der Waals surface area contributed by atoms with Gasteiger partial charge in [0.1, 0.15) is 0 Å². The Labute approximate surface area is 201 Å². The molecule has 3 saturated heterocycles. The summed E-state index contributed by atoms with van der Waals surface area (Å²) >= 11 is 1.41. The third-order valence-corrected chi connectivity index (χ3v) is 7.50. The Bertz CT molecular complexity index is 1020. The van der Waals surface area contributed by atoms with E-state index in [9.17, 15) is 18.0 Å². The van der Waals surface area contributed by atoms with E-state index in [0.29, 0.717) is 43.2 Å². The first-order valence-electron chi connectivity index (χ1n) is 11.6. The summed E-state index contributed by atoms with van der Waals surface area (Å²) in [6.07, 6.45) is 1.20. The topological polar surface area (TPSA) is 56.6 Å². The fourth-order valence-electron chi connectivity index (χ4n) is 5.49. The van der Waals surface area contributed by atoms with Crippen molar-refractivity contribution in [3.63, 3.8) is 0 Å². The van der Waals surface area contributed by atoms with Gasteiger partial charge in [0, 0.05) is 70.0 Å². The average molecular weight is 495 g/mol. The summed E-state index contributed by atoms with van der Waals surface area (Å²) in [7, 11) is 0. The summed E-state index contributed by atoms with van der Waals surface area (Å²) in [5.41, 5.74) is 0.461. The molecule has 3 aliphatic heterocycles. The van der Waals surface area contributed by atoms with Crippen molar-refractivity contribution in [3.8, 4) is 0 Å². The van der Waals surface area contributed by atoms with Crippen LogP contribution < -0.4 is 9.62 Å². The van der Waals surface area contributed by atoms with E-state index in [4.69, 9.17) is 0 Å². The number of carbonyl (C=O) groups is 1. The van der Waals surface area contributed by atoms with Crippen molar-refractivity contribution in [2.75, 3.05) is 55.1 Å². The highest BCUT2D eigenvalue weighted by Crippen LogP contribution is 2.38. The third-order valence-electron chi connectivity index (χ3n) is 7.09. The average Bonchev–Trinajstić information content (AvgIpc) is 3.57. The molecule has 184 valence electrons. The van der Waals surface area contributed by atoms with Crippen molar-refractivity contribution >= 4 is 29.5 Å². The molecule has 34 heavy (non-hydrogen) atoms. The van der Waals surface area contributed by atoms with Crippen LogP contribution in [0.4, 0.5) is 29.5 Å². The number of carbonyl (C=O) groups excluding carboxylic acids is 1. The van der Waals surface area contributed by atoms with Crippen LogP contribution in [0.25, 0.3) is 0 Å². The van der Waals surface area contributed by atoms with Crippen molar-refractivity contribution in [1.82, 2.24) is 19.6 Å². The summed E-state index contributed by atoms with van der Waals surface area (Å²) < 4.78 is 46.0. The van der Waals surface area contributed by atoms with Crippen molar-refractivity contribution in [3.05, 3.63) is 41.6 Å². The van der Waals surface area contributed by atoms with Crippen molar-refractivity contribution in [2.45, 2.75) is 25.6 Å². The molecule has 0 saturated carbocycles. The molecular formula is C23H29F3N6OS. The monoisotopic (exact) mass is 494 g/mol. The van der Waals surface area contributed by atoms with Crippen LogP contribution in [0.1, 0.15) is 24.0 Å². The standard InChI is InChI=1S/C23H29F3N6OS/c1-34-28-21-6-9-32(27-21)22(33)31-14-17-12-29(13-18(17)15-31)11-16-4-5-19(30-7-2-3-8-30)10-20(16)23(24,25)26/h4-6,9-10,17-18H,2-3,7-8,11-15H2,1H3,(H,27,28). The number of nitrogens with one attached hydrogen (secondary N) is 1. The van der Waals surface area contributed by atoms with E-state index < -0.39 is 11.7 Å². The van der Waals surface area contributed by atoms with E-state index in [1.807, 2.05) is 17.2 Å². The van der Waals surface area contributed by atoms with Crippen LogP contribution in [0.3, 0.4) is 0 Å². The number of anilines is 2. The molecule has 0 radical (unpaired) electrons. The Morgan fingerprint density at radius 3 is 2.47 bits per heavy atom. The molecule has 2 atom stereocenters. The molecule has 2 aromatic rings. The van der Waals surface area contributed by atoms with Crippen LogP contribution in [0.5, 0.6) is 0 Å². The Kier molecular flexibility index (Phi) is 6.41. The van der Waals surface area contributed by atoms with Crippen LogP contribution in [0, 0.1) is 11.8 Å². The van der Waals surface area contributed by atoms with E-state index in [-0.39, 0.29) is 24.4 Å². The number of alkyl halides is 3. The number of aromatic nitrogens is 2. The van der Waals surface area contributed by atoms with Crippen LogP contribution >= 0.6 is 11.9 Å². The number of rotatable bonds is 5. The molecular weight excluding hydrogens is 465 g/mol. The molecule has 7 nitrogen and oxygen atoms in total. The van der Waals surface area contributed by atoms with E-state index >= 15 is 0 Å². The van der Waals surface area contributed by atoms with Gasteiger partial charge in [0.15, 0.2) is 5.82 Å². The summed E-state index contributed by atoms with van der Waals surface area (Å²) in [6.45, 7) is 4.50. The summed E-state index contributed by atoms with van der Waals surface area (Å²) in [6, 6.07) is 6.39. The largest absolute Gasteiger partial charge is 0.416 e. The van der Waals surface area contributed by atoms with Gasteiger partial charge in [-0.1, -0.05) is 18.0 Å². The number of hydrogen-bond donors (Lipinski definition) is 1. The molecule has 5 rings (SSSR count). The zero-order chi connectivity index (χ0) is 23.9. The van der Waals surface area contributed by atoms with Gasteiger partial charge < -0.3 is 14.5 Å². The summed E-state index contributed by atoms with van der Waals surface area (Å²) in [5.74, 6) is 1.16. The number of hydrogen-bond acceptors (Lipinski definition) is 6. The molecule has 11 heteroatoms. The van der Waals surface area contributed by atoms with E-state index in [1.54, 1.807) is 23.2 Å². The Morgan fingerprint density at radius 1 is 1.12 bits per heavy atom. The molecule has 1 amide bonds. The Balaban J connectivity index is 1.22. The molecule has 0 spiro atoms. The van der Waals surface area contributed by atoms with Crippen molar-refractivity contribution in [1.29, 1.82) is 0 Å². The maximum absolute atomic E-state index is 13.9. The highest BCUT2D eigenvalue weighted by Gasteiger charge is 2.43. The van der Waals surface area contributed by atoms with Gasteiger partial charge in [0.05, 0.1) is 5.56 Å². The first kappa shape index (κ1) is 23.3. The van der Waals surface area contributed by atoms with Gasteiger partial charge in [0.2, 0.25) is 0 Å². The minimum Gasteiger partial charge on any atom is -0.372 e. The molecule has 1 aromatic carbocycles. The van der Waals surface area contributed by atoms with Crippen LogP contribution in [-0.4, -0.2) is 71.1 Å². The lowest BCUT2D eigenvalue weighted by Gasteiger charge is -2.24. The Hall–Kier alpha value is -2.40. The molecule has 4 heterocycles. The first-order valence-corrected chi connectivity index (χ1v) is 12.9. The predicted octanol–water partition coefficient (Wildman–Crippen LogP) is 4.22. The van der Waals surface area contributed by atoms with Crippen LogP contribution in [-0.2, 0) is 12.7 Å². The van der Waals surface area contributed by atoms with E-state index in [2.05, 4.69) is 14.7 Å². The zero-order valence-electron chi connectivity index (χ0n) is 19.1. The lowest BCUT2D eigenvalue weighted by molar-refractivity contribution is -0.138. The van der Waals surface area contributed by atoms with Gasteiger partial charge in [0.25, 0.3) is 0 Å². The van der Waals surface area contributed by atoms with Crippen LogP contribution in [0.15, 0.2) is 30.5 Å². The zero-order valence-corrected chi connectivity index (χ0v) is 19.9. The minimum atomic E-state index is -4.38. The SMILES string of the molecule is CSNc1ccn(C(=O)N2CC3CN(Cc4ccc(N5CCCC5)cc4C(F)(F)F)CC3C2)n1. The fourth-order valence-corrected chi connectivity index (χ4v) is 5.81. The van der Waals surface area contributed by atoms with Gasteiger partial charge in [-0.25, -0.2) is 4.79 Å². The quantitative estimate of drug-likeness (QED) is 0.628. The van der Waals surface area contributed by atoms with E-state index in [1.165, 1.54) is 22.7 Å². The van der Waals surface area contributed by atoms with Crippen LogP contribution in [0.2, 0.25) is 0 Å². The number of benzene rings is 1.